The number of amides is 1. The van der Waals surface area contributed by atoms with Crippen LogP contribution in [0.25, 0.3) is 0 Å². The molecule has 0 aliphatic carbocycles. The summed E-state index contributed by atoms with van der Waals surface area (Å²) in [5.41, 5.74) is 1.92. The Morgan fingerprint density at radius 2 is 2.33 bits per heavy atom. The summed E-state index contributed by atoms with van der Waals surface area (Å²) < 4.78 is 0. The monoisotopic (exact) mass is 225 g/mol. The lowest BCUT2D eigenvalue weighted by Crippen LogP contribution is -2.11. The molecule has 0 saturated carbocycles. The van der Waals surface area contributed by atoms with Crippen molar-refractivity contribution in [1.82, 2.24) is 0 Å². The molecule has 0 spiro atoms. The van der Waals surface area contributed by atoms with Crippen LogP contribution in [-0.2, 0) is 11.4 Å². The van der Waals surface area contributed by atoms with E-state index >= 15 is 0 Å². The molecule has 0 radical (unpaired) electrons. The molecule has 0 heterocycles. The van der Waals surface area contributed by atoms with Gasteiger partial charge in [0, 0.05) is 10.6 Å². The van der Waals surface area contributed by atoms with Gasteiger partial charge >= 0.3 is 0 Å². The molecule has 15 heavy (non-hydrogen) atoms. The van der Waals surface area contributed by atoms with Crippen molar-refractivity contribution >= 4 is 23.2 Å². The van der Waals surface area contributed by atoms with Crippen LogP contribution in [0.15, 0.2) is 24.8 Å². The molecular formula is C11H12ClNO2. The highest BCUT2D eigenvalue weighted by atomic mass is 35.5. The first-order chi connectivity index (χ1) is 7.10. The van der Waals surface area contributed by atoms with Crippen LogP contribution in [0, 0.1) is 6.92 Å². The lowest BCUT2D eigenvalue weighted by molar-refractivity contribution is -0.111. The predicted molar refractivity (Wildman–Crippen MR) is 60.9 cm³/mol. The van der Waals surface area contributed by atoms with Gasteiger partial charge in [0.15, 0.2) is 0 Å². The van der Waals surface area contributed by atoms with Crippen LogP contribution in [0.4, 0.5) is 5.69 Å². The average Bonchev–Trinajstić information content (AvgIpc) is 2.23. The van der Waals surface area contributed by atoms with E-state index in [2.05, 4.69) is 11.9 Å². The lowest BCUT2D eigenvalue weighted by Gasteiger charge is -2.12. The van der Waals surface area contributed by atoms with Crippen molar-refractivity contribution in [3.8, 4) is 0 Å². The first-order valence-corrected chi connectivity index (χ1v) is 4.80. The van der Waals surface area contributed by atoms with Crippen LogP contribution in [0.1, 0.15) is 11.1 Å². The number of rotatable bonds is 3. The summed E-state index contributed by atoms with van der Waals surface area (Å²) in [6.45, 7) is 4.97. The fourth-order valence-electron chi connectivity index (χ4n) is 1.24. The predicted octanol–water partition coefficient (Wildman–Crippen LogP) is 2.27. The molecule has 2 N–H and O–H groups in total. The fraction of sp³-hybridized carbons (Fsp3) is 0.182. The Balaban J connectivity index is 3.18. The van der Waals surface area contributed by atoms with E-state index in [0.29, 0.717) is 16.3 Å². The van der Waals surface area contributed by atoms with Crippen LogP contribution in [0.5, 0.6) is 0 Å². The molecule has 0 aromatic heterocycles. The van der Waals surface area contributed by atoms with E-state index in [1.807, 2.05) is 6.92 Å². The number of aryl methyl sites for hydroxylation is 1. The third-order valence-electron chi connectivity index (χ3n) is 2.06. The Morgan fingerprint density at radius 1 is 1.67 bits per heavy atom. The van der Waals surface area contributed by atoms with Crippen LogP contribution >= 0.6 is 11.6 Å². The summed E-state index contributed by atoms with van der Waals surface area (Å²) in [7, 11) is 0. The third kappa shape index (κ3) is 2.58. The zero-order valence-corrected chi connectivity index (χ0v) is 9.14. The van der Waals surface area contributed by atoms with E-state index in [-0.39, 0.29) is 12.5 Å². The Hall–Kier alpha value is -1.32. The van der Waals surface area contributed by atoms with Gasteiger partial charge in [-0.1, -0.05) is 24.2 Å². The molecule has 3 nitrogen and oxygen atoms in total. The summed E-state index contributed by atoms with van der Waals surface area (Å²) in [6.07, 6.45) is 1.17. The standard InChI is InChI=1S/C11H12ClNO2/c1-3-10(15)13-11-7(2)4-5-9(12)8(11)6-14/h3-5,14H,1,6H2,2H3,(H,13,15). The molecule has 0 aliphatic rings. The van der Waals surface area contributed by atoms with Gasteiger partial charge in [-0.15, -0.1) is 0 Å². The highest BCUT2D eigenvalue weighted by Crippen LogP contribution is 2.27. The Morgan fingerprint density at radius 3 is 2.87 bits per heavy atom. The second-order valence-corrected chi connectivity index (χ2v) is 3.48. The number of aliphatic hydroxyl groups excluding tert-OH is 1. The summed E-state index contributed by atoms with van der Waals surface area (Å²) in [4.78, 5) is 11.2. The van der Waals surface area contributed by atoms with E-state index in [1.54, 1.807) is 12.1 Å². The van der Waals surface area contributed by atoms with Crippen LogP contribution in [-0.4, -0.2) is 11.0 Å². The molecule has 1 aromatic rings. The Bertz CT molecular complexity index is 402. The number of hydrogen-bond donors (Lipinski definition) is 2. The van der Waals surface area contributed by atoms with Crippen LogP contribution < -0.4 is 5.32 Å². The van der Waals surface area contributed by atoms with Gasteiger partial charge in [-0.05, 0) is 24.6 Å². The number of halogens is 1. The number of anilines is 1. The van der Waals surface area contributed by atoms with Gasteiger partial charge in [0.25, 0.3) is 0 Å². The molecular weight excluding hydrogens is 214 g/mol. The van der Waals surface area contributed by atoms with Crippen molar-refractivity contribution in [3.05, 3.63) is 40.9 Å². The fourth-order valence-corrected chi connectivity index (χ4v) is 1.46. The van der Waals surface area contributed by atoms with E-state index in [9.17, 15) is 4.79 Å². The second kappa shape index (κ2) is 4.96. The Labute approximate surface area is 93.4 Å². The molecule has 0 bridgehead atoms. The molecule has 0 unspecified atom stereocenters. The summed E-state index contributed by atoms with van der Waals surface area (Å²) in [5.74, 6) is -0.324. The maximum absolute atomic E-state index is 11.2. The maximum Gasteiger partial charge on any atom is 0.247 e. The van der Waals surface area contributed by atoms with E-state index in [0.717, 1.165) is 5.56 Å². The molecule has 1 aromatic carbocycles. The lowest BCUT2D eigenvalue weighted by atomic mass is 10.1. The van der Waals surface area contributed by atoms with Gasteiger partial charge in [-0.25, -0.2) is 0 Å². The zero-order chi connectivity index (χ0) is 11.4. The van der Waals surface area contributed by atoms with Crippen LogP contribution in [0.2, 0.25) is 5.02 Å². The number of nitrogens with one attached hydrogen (secondary N) is 1. The minimum atomic E-state index is -0.324. The largest absolute Gasteiger partial charge is 0.392 e. The second-order valence-electron chi connectivity index (χ2n) is 3.07. The first kappa shape index (κ1) is 11.8. The highest BCUT2D eigenvalue weighted by molar-refractivity contribution is 6.32. The van der Waals surface area contributed by atoms with E-state index in [1.165, 1.54) is 6.08 Å². The highest BCUT2D eigenvalue weighted by Gasteiger charge is 2.10. The number of aliphatic hydroxyl groups is 1. The van der Waals surface area contributed by atoms with Gasteiger partial charge in [-0.3, -0.25) is 4.79 Å². The van der Waals surface area contributed by atoms with Gasteiger partial charge < -0.3 is 10.4 Å². The van der Waals surface area contributed by atoms with Gasteiger partial charge in [-0.2, -0.15) is 0 Å². The molecule has 4 heteroatoms. The van der Waals surface area contributed by atoms with Gasteiger partial charge in [0.05, 0.1) is 12.3 Å². The minimum Gasteiger partial charge on any atom is -0.392 e. The molecule has 0 atom stereocenters. The Kier molecular flexibility index (Phi) is 3.88. The average molecular weight is 226 g/mol. The quantitative estimate of drug-likeness (QED) is 0.776. The molecule has 80 valence electrons. The van der Waals surface area contributed by atoms with Gasteiger partial charge in [0.2, 0.25) is 5.91 Å². The van der Waals surface area contributed by atoms with Gasteiger partial charge in [0.1, 0.15) is 0 Å². The summed E-state index contributed by atoms with van der Waals surface area (Å²) >= 11 is 5.89. The zero-order valence-electron chi connectivity index (χ0n) is 8.38. The van der Waals surface area contributed by atoms with E-state index in [4.69, 9.17) is 16.7 Å². The van der Waals surface area contributed by atoms with Crippen molar-refractivity contribution in [2.45, 2.75) is 13.5 Å². The van der Waals surface area contributed by atoms with Crippen molar-refractivity contribution in [2.24, 2.45) is 0 Å². The molecule has 1 amide bonds. The molecule has 1 rings (SSSR count). The molecule has 0 saturated heterocycles. The molecule has 0 aliphatic heterocycles. The number of benzene rings is 1. The third-order valence-corrected chi connectivity index (χ3v) is 2.41. The number of carbonyl (C=O) groups excluding carboxylic acids is 1. The SMILES string of the molecule is C=CC(=O)Nc1c(C)ccc(Cl)c1CO. The van der Waals surface area contributed by atoms with Crippen molar-refractivity contribution in [2.75, 3.05) is 5.32 Å². The first-order valence-electron chi connectivity index (χ1n) is 4.42. The number of carbonyl (C=O) groups is 1. The van der Waals surface area contributed by atoms with Crippen LogP contribution in [0.3, 0.4) is 0 Å². The smallest absolute Gasteiger partial charge is 0.247 e. The van der Waals surface area contributed by atoms with E-state index < -0.39 is 0 Å². The number of hydrogen-bond acceptors (Lipinski definition) is 2. The summed E-state index contributed by atoms with van der Waals surface area (Å²) in [5, 5.41) is 12.2. The topological polar surface area (TPSA) is 49.3 Å². The summed E-state index contributed by atoms with van der Waals surface area (Å²) in [6, 6.07) is 3.46. The minimum absolute atomic E-state index is 0.215. The van der Waals surface area contributed by atoms with Crippen molar-refractivity contribution in [1.29, 1.82) is 0 Å². The van der Waals surface area contributed by atoms with Crippen molar-refractivity contribution in [3.63, 3.8) is 0 Å². The molecule has 0 fully saturated rings. The maximum atomic E-state index is 11.2. The van der Waals surface area contributed by atoms with Crippen molar-refractivity contribution < 1.29 is 9.90 Å². The normalized spacial score (nSPS) is 9.80.